The summed E-state index contributed by atoms with van der Waals surface area (Å²) < 4.78 is 0. The highest BCUT2D eigenvalue weighted by molar-refractivity contribution is 5.95. The SMILES string of the molecule is C=Cc1c(C)c2[nH]c1=Cc1[nH]c(c(CC)c1C)C=c1[nH]c(c(C(=O)O)c1C)=C(CC(=O)N[C@H](CCCCN)C(=O)O)c1[nH]c(c(C)c1CCC(=O)O)C=2. The highest BCUT2D eigenvalue weighted by Crippen LogP contribution is 2.28. The van der Waals surface area contributed by atoms with Gasteiger partial charge in [-0.2, -0.15) is 0 Å². The van der Waals surface area contributed by atoms with Crippen LogP contribution in [0, 0.1) is 27.7 Å². The summed E-state index contributed by atoms with van der Waals surface area (Å²) in [6.07, 6.45) is 8.98. The molecular weight excluding hydrogens is 676 g/mol. The Morgan fingerprint density at radius 1 is 0.830 bits per heavy atom. The van der Waals surface area contributed by atoms with Gasteiger partial charge in [0.1, 0.15) is 6.04 Å². The van der Waals surface area contributed by atoms with Crippen molar-refractivity contribution in [2.24, 2.45) is 5.73 Å². The number of carboxylic acids is 3. The monoisotopic (exact) mass is 724 g/mol. The summed E-state index contributed by atoms with van der Waals surface area (Å²) in [5.41, 5.74) is 14.1. The number of hydrogen-bond donors (Lipinski definition) is 9. The maximum atomic E-state index is 13.9. The number of carboxylic acid groups (broad SMARTS) is 3. The first-order valence-corrected chi connectivity index (χ1v) is 17.8. The van der Waals surface area contributed by atoms with Crippen molar-refractivity contribution in [2.75, 3.05) is 6.54 Å². The molecule has 10 N–H and O–H groups in total. The van der Waals surface area contributed by atoms with E-state index in [9.17, 15) is 34.5 Å². The van der Waals surface area contributed by atoms with Crippen molar-refractivity contribution in [3.05, 3.63) is 95.3 Å². The third kappa shape index (κ3) is 7.70. The van der Waals surface area contributed by atoms with Crippen molar-refractivity contribution in [3.8, 4) is 0 Å². The van der Waals surface area contributed by atoms with Crippen molar-refractivity contribution in [2.45, 2.75) is 85.6 Å². The van der Waals surface area contributed by atoms with Crippen LogP contribution < -0.4 is 32.4 Å². The molecule has 0 radical (unpaired) electrons. The van der Waals surface area contributed by atoms with E-state index in [0.29, 0.717) is 53.7 Å². The van der Waals surface area contributed by atoms with Crippen LogP contribution in [0.1, 0.15) is 111 Å². The van der Waals surface area contributed by atoms with Gasteiger partial charge in [0.05, 0.1) is 17.3 Å². The predicted octanol–water partition coefficient (Wildman–Crippen LogP) is 2.24. The fourth-order valence-electron chi connectivity index (χ4n) is 7.32. The molecule has 5 rings (SSSR count). The van der Waals surface area contributed by atoms with Crippen LogP contribution in [-0.4, -0.2) is 71.7 Å². The molecule has 280 valence electrons. The molecule has 0 spiro atoms. The summed E-state index contributed by atoms with van der Waals surface area (Å²) in [6, 6.07) is -1.19. The number of amides is 1. The number of aromatic carboxylic acids is 1. The van der Waals surface area contributed by atoms with Gasteiger partial charge in [-0.25, -0.2) is 9.59 Å². The zero-order valence-electron chi connectivity index (χ0n) is 30.8. The smallest absolute Gasteiger partial charge is 0.338 e. The lowest BCUT2D eigenvalue weighted by atomic mass is 9.96. The van der Waals surface area contributed by atoms with Crippen LogP contribution in [0.25, 0.3) is 29.9 Å². The third-order valence-electron chi connectivity index (χ3n) is 10.3. The second-order valence-electron chi connectivity index (χ2n) is 13.6. The van der Waals surface area contributed by atoms with Crippen molar-refractivity contribution >= 4 is 53.7 Å². The van der Waals surface area contributed by atoms with E-state index in [1.54, 1.807) is 13.0 Å². The van der Waals surface area contributed by atoms with Crippen molar-refractivity contribution < 1.29 is 34.5 Å². The van der Waals surface area contributed by atoms with Gasteiger partial charge in [0.25, 0.3) is 0 Å². The molecule has 1 aliphatic heterocycles. The largest absolute Gasteiger partial charge is 0.481 e. The number of carbonyl (C=O) groups is 4. The van der Waals surface area contributed by atoms with Gasteiger partial charge in [0.2, 0.25) is 5.91 Å². The zero-order chi connectivity index (χ0) is 38.7. The van der Waals surface area contributed by atoms with Crippen molar-refractivity contribution in [1.29, 1.82) is 0 Å². The lowest BCUT2D eigenvalue weighted by Crippen LogP contribution is -2.41. The number of nitrogens with one attached hydrogen (secondary N) is 5. The number of hydrogen-bond acceptors (Lipinski definition) is 5. The van der Waals surface area contributed by atoms with Crippen LogP contribution in [-0.2, 0) is 27.2 Å². The van der Waals surface area contributed by atoms with Gasteiger partial charge in [-0.15, -0.1) is 0 Å². The van der Waals surface area contributed by atoms with E-state index in [1.807, 2.05) is 45.9 Å². The fraction of sp³-hybridized carbons (Fsp3) is 0.350. The molecular formula is C40H48N6O7. The van der Waals surface area contributed by atoms with Gasteiger partial charge < -0.3 is 46.3 Å². The maximum absolute atomic E-state index is 13.9. The third-order valence-corrected chi connectivity index (χ3v) is 10.3. The minimum Gasteiger partial charge on any atom is -0.481 e. The Balaban J connectivity index is 1.92. The van der Waals surface area contributed by atoms with E-state index in [0.717, 1.165) is 49.9 Å². The van der Waals surface area contributed by atoms with E-state index >= 15 is 0 Å². The van der Waals surface area contributed by atoms with Crippen LogP contribution in [0.3, 0.4) is 0 Å². The standard InChI is InChI=1S/C40H48N6O7/c1-7-23-19(3)28-16-30-21(5)25(12-13-35(48)49)37(45-30)26(15-34(47)44-27(39(50)51)11-9-10-14-41)38-36(40(52)53)22(6)31(46-38)18-33-24(8-2)20(4)29(43-33)17-32(23)42-28/h7,16-18,27,42-43,45-46H,1,8-15,41H2,2-6H3,(H,44,47)(H,48,49)(H,50,51)(H,52,53)/t27-/m1/s1. The second kappa shape index (κ2) is 15.8. The molecule has 4 aromatic rings. The number of H-pyrrole nitrogens is 4. The Bertz CT molecular complexity index is 2380. The van der Waals surface area contributed by atoms with Crippen molar-refractivity contribution in [3.63, 3.8) is 0 Å². The Labute approximate surface area is 306 Å². The highest BCUT2D eigenvalue weighted by atomic mass is 16.4. The molecule has 0 saturated carbocycles. The summed E-state index contributed by atoms with van der Waals surface area (Å²) in [4.78, 5) is 64.8. The normalized spacial score (nSPS) is 12.8. The molecule has 1 atom stereocenters. The van der Waals surface area contributed by atoms with E-state index < -0.39 is 36.3 Å². The molecule has 5 heterocycles. The van der Waals surface area contributed by atoms with Gasteiger partial charge >= 0.3 is 17.9 Å². The van der Waals surface area contributed by atoms with E-state index in [2.05, 4.69) is 31.8 Å². The summed E-state index contributed by atoms with van der Waals surface area (Å²) in [5, 5.41) is 35.2. The topological polar surface area (TPSA) is 230 Å². The van der Waals surface area contributed by atoms with Gasteiger partial charge in [-0.05, 0) is 118 Å². The molecule has 1 amide bonds. The Kier molecular flexibility index (Phi) is 11.5. The zero-order valence-corrected chi connectivity index (χ0v) is 30.8. The molecule has 0 saturated heterocycles. The average Bonchev–Trinajstić information content (AvgIpc) is 3.78. The fourth-order valence-corrected chi connectivity index (χ4v) is 7.32. The molecule has 0 fully saturated rings. The van der Waals surface area contributed by atoms with E-state index in [1.165, 1.54) is 0 Å². The number of aliphatic carboxylic acids is 2. The molecule has 53 heavy (non-hydrogen) atoms. The number of fused-ring (bicyclic) bond motifs is 8. The Morgan fingerprint density at radius 2 is 1.47 bits per heavy atom. The number of rotatable bonds is 14. The maximum Gasteiger partial charge on any atom is 0.338 e. The van der Waals surface area contributed by atoms with Gasteiger partial charge in [0.15, 0.2) is 0 Å². The molecule has 8 bridgehead atoms. The number of aromatic amines is 4. The molecule has 13 heteroatoms. The number of carbonyl (C=O) groups excluding carboxylic acids is 1. The van der Waals surface area contributed by atoms with Gasteiger partial charge in [0, 0.05) is 56.4 Å². The number of unbranched alkanes of at least 4 members (excludes halogenated alkanes) is 1. The van der Waals surface area contributed by atoms with Crippen LogP contribution in [0.4, 0.5) is 0 Å². The van der Waals surface area contributed by atoms with Crippen LogP contribution in [0.15, 0.2) is 6.58 Å². The van der Waals surface area contributed by atoms with Gasteiger partial charge in [-0.1, -0.05) is 19.6 Å². The predicted molar refractivity (Wildman–Crippen MR) is 203 cm³/mol. The highest BCUT2D eigenvalue weighted by Gasteiger charge is 2.27. The molecule has 4 aromatic heterocycles. The second-order valence-corrected chi connectivity index (χ2v) is 13.6. The van der Waals surface area contributed by atoms with Crippen LogP contribution in [0.2, 0.25) is 0 Å². The lowest BCUT2D eigenvalue weighted by molar-refractivity contribution is -0.142. The summed E-state index contributed by atoms with van der Waals surface area (Å²) in [7, 11) is 0. The molecule has 1 aliphatic rings. The Hall–Kier alpha value is -5.82. The van der Waals surface area contributed by atoms with Crippen LogP contribution >= 0.6 is 0 Å². The minimum absolute atomic E-state index is 0.0590. The van der Waals surface area contributed by atoms with Crippen molar-refractivity contribution in [1.82, 2.24) is 25.3 Å². The lowest BCUT2D eigenvalue weighted by Gasteiger charge is -2.16. The van der Waals surface area contributed by atoms with E-state index in [4.69, 9.17) is 5.73 Å². The van der Waals surface area contributed by atoms with E-state index in [-0.39, 0.29) is 35.7 Å². The first-order valence-electron chi connectivity index (χ1n) is 17.8. The molecule has 0 unspecified atom stereocenters. The summed E-state index contributed by atoms with van der Waals surface area (Å²) in [5.74, 6) is -4.09. The first kappa shape index (κ1) is 38.4. The molecule has 0 aliphatic carbocycles. The number of nitrogens with two attached hydrogens (primary N) is 1. The molecule has 0 aromatic carbocycles. The number of aromatic nitrogens is 4. The molecule has 13 nitrogen and oxygen atoms in total. The average molecular weight is 725 g/mol. The van der Waals surface area contributed by atoms with Crippen LogP contribution in [0.5, 0.6) is 0 Å². The summed E-state index contributed by atoms with van der Waals surface area (Å²) >= 11 is 0. The Morgan fingerprint density at radius 3 is 2.09 bits per heavy atom. The van der Waals surface area contributed by atoms with Gasteiger partial charge in [-0.3, -0.25) is 9.59 Å². The summed E-state index contributed by atoms with van der Waals surface area (Å²) in [6.45, 7) is 14.0. The quantitative estimate of drug-likeness (QED) is 0.0874. The minimum atomic E-state index is -1.23. The first-order chi connectivity index (χ1) is 25.2.